The Morgan fingerprint density at radius 2 is 2.12 bits per heavy atom. The van der Waals surface area contributed by atoms with Gasteiger partial charge in [0.15, 0.2) is 6.10 Å². The number of ether oxygens (including phenoxy) is 2. The maximum atomic E-state index is 13.4. The molecule has 1 atom stereocenters. The summed E-state index contributed by atoms with van der Waals surface area (Å²) in [5.41, 5.74) is 1.24. The molecule has 1 aliphatic rings. The normalized spacial score (nSPS) is 16.1. The minimum absolute atomic E-state index is 0.126. The van der Waals surface area contributed by atoms with Crippen LogP contribution in [-0.2, 0) is 16.0 Å². The number of amides is 1. The Bertz CT molecular complexity index is 790. The fraction of sp³-hybridized carbons (Fsp3) is 0.222. The van der Waals surface area contributed by atoms with Gasteiger partial charge in [-0.3, -0.25) is 4.79 Å². The van der Waals surface area contributed by atoms with Crippen LogP contribution in [0.1, 0.15) is 22.8 Å². The highest BCUT2D eigenvalue weighted by Gasteiger charge is 2.31. The number of fused-ring (bicyclic) bond motifs is 1. The number of hydrogen-bond acceptors (Lipinski definition) is 4. The van der Waals surface area contributed by atoms with E-state index in [0.29, 0.717) is 23.6 Å². The molecule has 5 nitrogen and oxygen atoms in total. The molecule has 24 heavy (non-hydrogen) atoms. The van der Waals surface area contributed by atoms with Crippen LogP contribution in [0.15, 0.2) is 42.5 Å². The molecule has 0 aliphatic carbocycles. The van der Waals surface area contributed by atoms with E-state index in [-0.39, 0.29) is 12.0 Å². The Hall–Kier alpha value is -2.89. The van der Waals surface area contributed by atoms with Gasteiger partial charge in [-0.2, -0.15) is 0 Å². The van der Waals surface area contributed by atoms with Gasteiger partial charge in [-0.1, -0.05) is 12.1 Å². The lowest BCUT2D eigenvalue weighted by molar-refractivity contribution is -0.125. The van der Waals surface area contributed by atoms with Gasteiger partial charge in [-0.25, -0.2) is 9.18 Å². The Morgan fingerprint density at radius 3 is 2.92 bits per heavy atom. The summed E-state index contributed by atoms with van der Waals surface area (Å²) in [5, 5.41) is 2.70. The summed E-state index contributed by atoms with van der Waals surface area (Å²) < 4.78 is 24.0. The highest BCUT2D eigenvalue weighted by Crippen LogP contribution is 2.26. The van der Waals surface area contributed by atoms with Crippen molar-refractivity contribution in [1.29, 1.82) is 0 Å². The summed E-state index contributed by atoms with van der Waals surface area (Å²) in [5.74, 6) is -1.04. The van der Waals surface area contributed by atoms with E-state index in [2.05, 4.69) is 5.32 Å². The van der Waals surface area contributed by atoms with Crippen molar-refractivity contribution in [1.82, 2.24) is 0 Å². The van der Waals surface area contributed by atoms with Crippen LogP contribution in [0.3, 0.4) is 0 Å². The van der Waals surface area contributed by atoms with Gasteiger partial charge < -0.3 is 14.8 Å². The number of esters is 1. The summed E-state index contributed by atoms with van der Waals surface area (Å²) >= 11 is 0. The molecule has 1 amide bonds. The van der Waals surface area contributed by atoms with Gasteiger partial charge in [0.25, 0.3) is 5.91 Å². The van der Waals surface area contributed by atoms with Crippen LogP contribution in [0.5, 0.6) is 5.75 Å². The molecule has 1 heterocycles. The Labute approximate surface area is 138 Å². The zero-order chi connectivity index (χ0) is 17.1. The van der Waals surface area contributed by atoms with Crippen LogP contribution < -0.4 is 10.1 Å². The minimum Gasteiger partial charge on any atom is -0.492 e. The molecular weight excluding hydrogens is 313 g/mol. The quantitative estimate of drug-likeness (QED) is 0.876. The molecule has 0 bridgehead atoms. The number of halogens is 1. The van der Waals surface area contributed by atoms with Gasteiger partial charge in [0.1, 0.15) is 11.6 Å². The standard InChI is InChI=1S/C18H16FNO4/c1-2-23-15-6-4-3-5-14(15)20-17(21)16-10-11-9-12(19)7-8-13(11)18(22)24-16/h3-9,16H,2,10H2,1H3,(H,20,21). The number of cyclic esters (lactones) is 1. The molecule has 0 fully saturated rings. The Balaban J connectivity index is 1.78. The van der Waals surface area contributed by atoms with E-state index in [1.54, 1.807) is 24.3 Å². The summed E-state index contributed by atoms with van der Waals surface area (Å²) in [6.45, 7) is 2.30. The Kier molecular flexibility index (Phi) is 4.46. The van der Waals surface area contributed by atoms with Gasteiger partial charge in [0, 0.05) is 6.42 Å². The molecule has 124 valence electrons. The Morgan fingerprint density at radius 1 is 1.33 bits per heavy atom. The second kappa shape index (κ2) is 6.70. The van der Waals surface area contributed by atoms with E-state index >= 15 is 0 Å². The smallest absolute Gasteiger partial charge is 0.339 e. The molecule has 0 spiro atoms. The van der Waals surface area contributed by atoms with Crippen LogP contribution in [0, 0.1) is 5.82 Å². The lowest BCUT2D eigenvalue weighted by atomic mass is 9.98. The number of benzene rings is 2. The lowest BCUT2D eigenvalue weighted by Gasteiger charge is -2.24. The zero-order valence-electron chi connectivity index (χ0n) is 13.0. The highest BCUT2D eigenvalue weighted by molar-refractivity contribution is 6.00. The van der Waals surface area contributed by atoms with Crippen LogP contribution in [0.25, 0.3) is 0 Å². The second-order valence-corrected chi connectivity index (χ2v) is 5.32. The number of para-hydroxylation sites is 2. The van der Waals surface area contributed by atoms with E-state index in [1.165, 1.54) is 18.2 Å². The van der Waals surface area contributed by atoms with Crippen molar-refractivity contribution in [3.63, 3.8) is 0 Å². The summed E-state index contributed by atoms with van der Waals surface area (Å²) in [6.07, 6.45) is -0.886. The first-order chi connectivity index (χ1) is 11.6. The average molecular weight is 329 g/mol. The SMILES string of the molecule is CCOc1ccccc1NC(=O)C1Cc2cc(F)ccc2C(=O)O1. The lowest BCUT2D eigenvalue weighted by Crippen LogP contribution is -2.38. The zero-order valence-corrected chi connectivity index (χ0v) is 13.0. The van der Waals surface area contributed by atoms with Crippen molar-refractivity contribution in [3.8, 4) is 5.75 Å². The molecule has 0 radical (unpaired) electrons. The first-order valence-corrected chi connectivity index (χ1v) is 7.60. The largest absolute Gasteiger partial charge is 0.492 e. The van der Waals surface area contributed by atoms with E-state index < -0.39 is 23.8 Å². The third kappa shape index (κ3) is 3.22. The van der Waals surface area contributed by atoms with Gasteiger partial charge >= 0.3 is 5.97 Å². The first kappa shape index (κ1) is 16.0. The van der Waals surface area contributed by atoms with Crippen molar-refractivity contribution >= 4 is 17.6 Å². The van der Waals surface area contributed by atoms with E-state index in [9.17, 15) is 14.0 Å². The van der Waals surface area contributed by atoms with Gasteiger partial charge in [0.2, 0.25) is 0 Å². The molecule has 0 aromatic heterocycles. The topological polar surface area (TPSA) is 64.6 Å². The molecule has 1 aliphatic heterocycles. The highest BCUT2D eigenvalue weighted by atomic mass is 19.1. The summed E-state index contributed by atoms with van der Waals surface area (Å²) in [7, 11) is 0. The van der Waals surface area contributed by atoms with Gasteiger partial charge in [-0.15, -0.1) is 0 Å². The average Bonchev–Trinajstić information content (AvgIpc) is 2.56. The number of rotatable bonds is 4. The number of anilines is 1. The molecule has 1 unspecified atom stereocenters. The summed E-state index contributed by atoms with van der Waals surface area (Å²) in [6, 6.07) is 10.8. The molecule has 1 N–H and O–H groups in total. The third-order valence-corrected chi connectivity index (χ3v) is 3.68. The third-order valence-electron chi connectivity index (χ3n) is 3.68. The van der Waals surface area contributed by atoms with Crippen molar-refractivity contribution in [3.05, 3.63) is 59.4 Å². The molecular formula is C18H16FNO4. The molecule has 0 saturated heterocycles. The first-order valence-electron chi connectivity index (χ1n) is 7.60. The maximum absolute atomic E-state index is 13.4. The van der Waals surface area contributed by atoms with Crippen LogP contribution >= 0.6 is 0 Å². The van der Waals surface area contributed by atoms with Crippen molar-refractivity contribution < 1.29 is 23.5 Å². The number of carbonyl (C=O) groups excluding carboxylic acids is 2. The second-order valence-electron chi connectivity index (χ2n) is 5.32. The van der Waals surface area contributed by atoms with E-state index in [0.717, 1.165) is 0 Å². The van der Waals surface area contributed by atoms with Crippen LogP contribution in [0.2, 0.25) is 0 Å². The number of nitrogens with one attached hydrogen (secondary N) is 1. The fourth-order valence-electron chi connectivity index (χ4n) is 2.58. The summed E-state index contributed by atoms with van der Waals surface area (Å²) in [4.78, 5) is 24.4. The van der Waals surface area contributed by atoms with Crippen molar-refractivity contribution in [2.45, 2.75) is 19.4 Å². The molecule has 2 aromatic carbocycles. The van der Waals surface area contributed by atoms with Gasteiger partial charge in [0.05, 0.1) is 17.9 Å². The van der Waals surface area contributed by atoms with Crippen LogP contribution in [-0.4, -0.2) is 24.6 Å². The van der Waals surface area contributed by atoms with Crippen LogP contribution in [0.4, 0.5) is 10.1 Å². The van der Waals surface area contributed by atoms with E-state index in [1.807, 2.05) is 6.92 Å². The monoisotopic (exact) mass is 329 g/mol. The molecule has 3 rings (SSSR count). The van der Waals surface area contributed by atoms with Gasteiger partial charge in [-0.05, 0) is 42.8 Å². The minimum atomic E-state index is -1.01. The van der Waals surface area contributed by atoms with E-state index in [4.69, 9.17) is 9.47 Å². The molecule has 6 heteroatoms. The van der Waals surface area contributed by atoms with Crippen molar-refractivity contribution in [2.24, 2.45) is 0 Å². The molecule has 2 aromatic rings. The fourth-order valence-corrected chi connectivity index (χ4v) is 2.58. The maximum Gasteiger partial charge on any atom is 0.339 e. The van der Waals surface area contributed by atoms with Crippen molar-refractivity contribution in [2.75, 3.05) is 11.9 Å². The predicted molar refractivity (Wildman–Crippen MR) is 85.5 cm³/mol. The number of carbonyl (C=O) groups is 2. The predicted octanol–water partition coefficient (Wildman–Crippen LogP) is 2.94. The number of hydrogen-bond donors (Lipinski definition) is 1. The molecule has 0 saturated carbocycles.